The van der Waals surface area contributed by atoms with Crippen molar-refractivity contribution in [1.82, 2.24) is 9.97 Å². The molecule has 0 aliphatic carbocycles. The van der Waals surface area contributed by atoms with Gasteiger partial charge in [0.25, 0.3) is 0 Å². The van der Waals surface area contributed by atoms with Crippen LogP contribution < -0.4 is 5.32 Å². The second-order valence-corrected chi connectivity index (χ2v) is 5.88. The third-order valence-corrected chi connectivity index (χ3v) is 4.04. The van der Waals surface area contributed by atoms with Crippen LogP contribution in [-0.4, -0.2) is 9.97 Å². The fourth-order valence-corrected chi connectivity index (χ4v) is 2.69. The summed E-state index contributed by atoms with van der Waals surface area (Å²) in [6.07, 6.45) is -2.27. The molecule has 0 atom stereocenters. The first kappa shape index (κ1) is 15.8. The fourth-order valence-electron chi connectivity index (χ4n) is 1.80. The van der Waals surface area contributed by atoms with Crippen molar-refractivity contribution in [3.8, 4) is 10.8 Å². The van der Waals surface area contributed by atoms with Crippen LogP contribution in [0.1, 0.15) is 11.3 Å². The number of oxazole rings is 1. The van der Waals surface area contributed by atoms with Crippen LogP contribution in [0.15, 0.2) is 40.5 Å². The maximum absolute atomic E-state index is 12.5. The molecule has 3 rings (SSSR count). The minimum atomic E-state index is -4.48. The Kier molecular flexibility index (Phi) is 4.27. The molecule has 9 heteroatoms. The Morgan fingerprint density at radius 3 is 2.83 bits per heavy atom. The molecule has 0 unspecified atom stereocenters. The predicted octanol–water partition coefficient (Wildman–Crippen LogP) is 5.08. The van der Waals surface area contributed by atoms with E-state index in [9.17, 15) is 13.2 Å². The second kappa shape index (κ2) is 6.21. The van der Waals surface area contributed by atoms with Gasteiger partial charge in [-0.2, -0.15) is 13.2 Å². The van der Waals surface area contributed by atoms with Crippen molar-refractivity contribution in [2.45, 2.75) is 12.7 Å². The van der Waals surface area contributed by atoms with Gasteiger partial charge in [0.05, 0.1) is 27.7 Å². The highest BCUT2D eigenvalue weighted by Gasteiger charge is 2.31. The van der Waals surface area contributed by atoms with Gasteiger partial charge in [0.1, 0.15) is 12.1 Å². The molecule has 0 fully saturated rings. The van der Waals surface area contributed by atoms with Gasteiger partial charge in [0.15, 0.2) is 0 Å². The quantitative estimate of drug-likeness (QED) is 0.705. The molecule has 0 aliphatic rings. The topological polar surface area (TPSA) is 51.0 Å². The number of rotatable bonds is 4. The lowest BCUT2D eigenvalue weighted by molar-refractivity contribution is -0.137. The van der Waals surface area contributed by atoms with Crippen molar-refractivity contribution in [2.24, 2.45) is 0 Å². The van der Waals surface area contributed by atoms with E-state index >= 15 is 0 Å². The molecule has 0 bridgehead atoms. The van der Waals surface area contributed by atoms with Crippen LogP contribution in [0.2, 0.25) is 5.02 Å². The molecule has 0 amide bonds. The van der Waals surface area contributed by atoms with Gasteiger partial charge < -0.3 is 9.73 Å². The average Bonchev–Trinajstić information content (AvgIpc) is 3.16. The lowest BCUT2D eigenvalue weighted by Crippen LogP contribution is -2.08. The Hall–Kier alpha value is -2.06. The molecule has 4 nitrogen and oxygen atoms in total. The molecule has 3 aromatic heterocycles. The molecule has 0 saturated carbocycles. The summed E-state index contributed by atoms with van der Waals surface area (Å²) in [5.74, 6) is 0.642. The van der Waals surface area contributed by atoms with E-state index < -0.39 is 11.7 Å². The van der Waals surface area contributed by atoms with Gasteiger partial charge >= 0.3 is 6.18 Å². The van der Waals surface area contributed by atoms with Crippen LogP contribution in [0.5, 0.6) is 0 Å². The summed E-state index contributed by atoms with van der Waals surface area (Å²) in [5.41, 5.74) is -0.305. The minimum absolute atomic E-state index is 0.109. The minimum Gasteiger partial charge on any atom is -0.443 e. The van der Waals surface area contributed by atoms with Crippen LogP contribution in [-0.2, 0) is 12.7 Å². The van der Waals surface area contributed by atoms with E-state index in [2.05, 4.69) is 15.3 Å². The van der Waals surface area contributed by atoms with Crippen LogP contribution in [0.4, 0.5) is 19.0 Å². The highest BCUT2D eigenvalue weighted by molar-refractivity contribution is 7.13. The van der Waals surface area contributed by atoms with Gasteiger partial charge in [-0.15, -0.1) is 11.3 Å². The van der Waals surface area contributed by atoms with Crippen molar-refractivity contribution >= 4 is 28.8 Å². The highest BCUT2D eigenvalue weighted by Crippen LogP contribution is 2.32. The lowest BCUT2D eigenvalue weighted by Gasteiger charge is -2.09. The average molecular weight is 360 g/mol. The number of nitrogens with zero attached hydrogens (tertiary/aromatic N) is 2. The number of pyridine rings is 1. The molecule has 0 spiro atoms. The van der Waals surface area contributed by atoms with Gasteiger partial charge in [0.2, 0.25) is 5.89 Å². The molecule has 0 radical (unpaired) electrons. The highest BCUT2D eigenvalue weighted by atomic mass is 35.5. The SMILES string of the molecule is FC(F)(F)c1cnc(NCc2coc(-c3cccs3)n2)c(Cl)c1. The second-order valence-electron chi connectivity index (χ2n) is 4.53. The first-order valence-electron chi connectivity index (χ1n) is 6.38. The molecule has 0 aromatic carbocycles. The standard InChI is InChI=1S/C14H9ClF3N3OS/c15-10-4-8(14(16,17)18)5-19-12(10)20-6-9-7-22-13(21-9)11-2-1-3-23-11/h1-5,7H,6H2,(H,19,20). The van der Waals surface area contributed by atoms with Crippen molar-refractivity contribution in [3.63, 3.8) is 0 Å². The van der Waals surface area contributed by atoms with Crippen molar-refractivity contribution in [3.05, 3.63) is 52.3 Å². The van der Waals surface area contributed by atoms with E-state index in [4.69, 9.17) is 16.0 Å². The Morgan fingerprint density at radius 2 is 2.17 bits per heavy atom. The molecule has 0 aliphatic heterocycles. The monoisotopic (exact) mass is 359 g/mol. The molecule has 120 valence electrons. The summed E-state index contributed by atoms with van der Waals surface area (Å²) in [4.78, 5) is 8.87. The van der Waals surface area contributed by atoms with E-state index in [1.807, 2.05) is 17.5 Å². The zero-order chi connectivity index (χ0) is 16.4. The number of nitrogens with one attached hydrogen (secondary N) is 1. The normalized spacial score (nSPS) is 11.7. The summed E-state index contributed by atoms with van der Waals surface area (Å²) in [6.45, 7) is 0.229. The van der Waals surface area contributed by atoms with Crippen LogP contribution in [0.25, 0.3) is 10.8 Å². The number of hydrogen-bond acceptors (Lipinski definition) is 5. The summed E-state index contributed by atoms with van der Waals surface area (Å²) in [6, 6.07) is 4.59. The van der Waals surface area contributed by atoms with Crippen LogP contribution in [0.3, 0.4) is 0 Å². The number of alkyl halides is 3. The Morgan fingerprint density at radius 1 is 1.35 bits per heavy atom. The van der Waals surface area contributed by atoms with Gasteiger partial charge in [-0.05, 0) is 17.5 Å². The zero-order valence-corrected chi connectivity index (χ0v) is 13.0. The molecule has 23 heavy (non-hydrogen) atoms. The molecular weight excluding hydrogens is 351 g/mol. The lowest BCUT2D eigenvalue weighted by atomic mass is 10.3. The summed E-state index contributed by atoms with van der Waals surface area (Å²) in [5, 5.41) is 4.63. The van der Waals surface area contributed by atoms with Gasteiger partial charge in [-0.3, -0.25) is 0 Å². The van der Waals surface area contributed by atoms with E-state index in [1.165, 1.54) is 17.6 Å². The van der Waals surface area contributed by atoms with Crippen molar-refractivity contribution in [2.75, 3.05) is 5.32 Å². The largest absolute Gasteiger partial charge is 0.443 e. The first-order valence-corrected chi connectivity index (χ1v) is 7.64. The molecule has 3 heterocycles. The summed E-state index contributed by atoms with van der Waals surface area (Å²) in [7, 11) is 0. The van der Waals surface area contributed by atoms with Gasteiger partial charge in [0, 0.05) is 6.20 Å². The maximum atomic E-state index is 12.5. The zero-order valence-electron chi connectivity index (χ0n) is 11.4. The third kappa shape index (κ3) is 3.65. The number of thiophene rings is 1. The Bertz CT molecular complexity index is 802. The number of halogens is 4. The van der Waals surface area contributed by atoms with Gasteiger partial charge in [-0.1, -0.05) is 17.7 Å². The predicted molar refractivity (Wildman–Crippen MR) is 81.4 cm³/mol. The molecule has 1 N–H and O–H groups in total. The Labute approximate surface area is 137 Å². The number of anilines is 1. The number of aromatic nitrogens is 2. The van der Waals surface area contributed by atoms with Crippen LogP contribution >= 0.6 is 22.9 Å². The smallest absolute Gasteiger partial charge is 0.417 e. The molecule has 3 aromatic rings. The van der Waals surface area contributed by atoms with Gasteiger partial charge in [-0.25, -0.2) is 9.97 Å². The number of hydrogen-bond donors (Lipinski definition) is 1. The van der Waals surface area contributed by atoms with E-state index in [-0.39, 0.29) is 17.4 Å². The third-order valence-electron chi connectivity index (χ3n) is 2.89. The molecular formula is C14H9ClF3N3OS. The maximum Gasteiger partial charge on any atom is 0.417 e. The first-order chi connectivity index (χ1) is 10.9. The van der Waals surface area contributed by atoms with E-state index in [1.54, 1.807) is 0 Å². The van der Waals surface area contributed by atoms with E-state index in [0.29, 0.717) is 11.6 Å². The van der Waals surface area contributed by atoms with Crippen molar-refractivity contribution < 1.29 is 17.6 Å². The van der Waals surface area contributed by atoms with Crippen LogP contribution in [0, 0.1) is 0 Å². The Balaban J connectivity index is 1.69. The van der Waals surface area contributed by atoms with Crippen molar-refractivity contribution in [1.29, 1.82) is 0 Å². The fraction of sp³-hybridized carbons (Fsp3) is 0.143. The molecule has 0 saturated heterocycles. The summed E-state index contributed by atoms with van der Waals surface area (Å²) >= 11 is 7.31. The summed E-state index contributed by atoms with van der Waals surface area (Å²) < 4.78 is 43.0. The van der Waals surface area contributed by atoms with E-state index in [0.717, 1.165) is 17.1 Å².